The minimum atomic E-state index is -0.493. The van der Waals surface area contributed by atoms with Gasteiger partial charge >= 0.3 is 6.09 Å². The van der Waals surface area contributed by atoms with Gasteiger partial charge in [-0.2, -0.15) is 0 Å². The van der Waals surface area contributed by atoms with Crippen molar-refractivity contribution in [1.29, 1.82) is 0 Å². The number of hydrogen-bond donors (Lipinski definition) is 0. The number of amides is 1. The molecule has 0 spiro atoms. The minimum Gasteiger partial charge on any atom is -0.486 e. The molecule has 0 bridgehead atoms. The zero-order valence-corrected chi connectivity index (χ0v) is 14.8. The third-order valence-electron chi connectivity index (χ3n) is 4.43. The van der Waals surface area contributed by atoms with Crippen molar-refractivity contribution in [3.05, 3.63) is 28.8 Å². The van der Waals surface area contributed by atoms with Gasteiger partial charge in [0.2, 0.25) is 0 Å². The Hall–Kier alpha value is -2.04. The smallest absolute Gasteiger partial charge is 0.410 e. The normalized spacial score (nSPS) is 20.6. The molecule has 1 atom stereocenters. The minimum absolute atomic E-state index is 0.110. The van der Waals surface area contributed by atoms with Crippen molar-refractivity contribution in [3.8, 4) is 5.75 Å². The van der Waals surface area contributed by atoms with Gasteiger partial charge < -0.3 is 14.4 Å². The second-order valence-electron chi connectivity index (χ2n) is 7.74. The number of fused-ring (bicyclic) bond motifs is 2. The Balaban J connectivity index is 1.83. The maximum absolute atomic E-state index is 12.4. The SMILES string of the molecule is CC1CN(C(=O)OC(C)(C)C)CCc2cc3c(cc21)CC(=O)CO3. The first kappa shape index (κ1) is 16.8. The molecule has 0 saturated heterocycles. The van der Waals surface area contributed by atoms with Crippen LogP contribution in [0, 0.1) is 0 Å². The first-order valence-electron chi connectivity index (χ1n) is 8.51. The number of rotatable bonds is 0. The molecule has 5 nitrogen and oxygen atoms in total. The number of ether oxygens (including phenoxy) is 2. The molecule has 0 radical (unpaired) electrons. The number of carbonyl (C=O) groups is 2. The highest BCUT2D eigenvalue weighted by Gasteiger charge is 2.29. The molecule has 2 aliphatic heterocycles. The first-order chi connectivity index (χ1) is 11.2. The molecule has 0 fully saturated rings. The van der Waals surface area contributed by atoms with Gasteiger partial charge in [0.25, 0.3) is 0 Å². The van der Waals surface area contributed by atoms with E-state index in [-0.39, 0.29) is 24.4 Å². The largest absolute Gasteiger partial charge is 0.486 e. The van der Waals surface area contributed by atoms with E-state index < -0.39 is 5.60 Å². The van der Waals surface area contributed by atoms with Crippen molar-refractivity contribution in [2.24, 2.45) is 0 Å². The average molecular weight is 331 g/mol. The highest BCUT2D eigenvalue weighted by Crippen LogP contribution is 2.33. The van der Waals surface area contributed by atoms with Gasteiger partial charge in [0.15, 0.2) is 5.78 Å². The fourth-order valence-electron chi connectivity index (χ4n) is 3.32. The number of nitrogens with zero attached hydrogens (tertiary/aromatic N) is 1. The van der Waals surface area contributed by atoms with Crippen molar-refractivity contribution in [2.75, 3.05) is 19.7 Å². The van der Waals surface area contributed by atoms with Gasteiger partial charge in [0.1, 0.15) is 18.0 Å². The van der Waals surface area contributed by atoms with E-state index in [1.807, 2.05) is 26.8 Å². The van der Waals surface area contributed by atoms with Crippen LogP contribution >= 0.6 is 0 Å². The third-order valence-corrected chi connectivity index (χ3v) is 4.43. The summed E-state index contributed by atoms with van der Waals surface area (Å²) in [6.45, 7) is 9.15. The van der Waals surface area contributed by atoms with Gasteiger partial charge in [-0.15, -0.1) is 0 Å². The zero-order valence-electron chi connectivity index (χ0n) is 14.8. The summed E-state index contributed by atoms with van der Waals surface area (Å²) in [5.74, 6) is 1.11. The van der Waals surface area contributed by atoms with E-state index in [2.05, 4.69) is 13.0 Å². The van der Waals surface area contributed by atoms with Gasteiger partial charge in [-0.25, -0.2) is 4.79 Å². The summed E-state index contributed by atoms with van der Waals surface area (Å²) in [6.07, 6.45) is 0.938. The van der Waals surface area contributed by atoms with Crippen molar-refractivity contribution in [1.82, 2.24) is 4.90 Å². The van der Waals surface area contributed by atoms with Crippen LogP contribution in [0.4, 0.5) is 4.79 Å². The maximum atomic E-state index is 12.4. The number of ketones is 1. The van der Waals surface area contributed by atoms with Crippen LogP contribution in [-0.2, 0) is 22.4 Å². The molecule has 0 aliphatic carbocycles. The van der Waals surface area contributed by atoms with E-state index in [0.29, 0.717) is 19.5 Å². The van der Waals surface area contributed by atoms with Crippen LogP contribution in [0.5, 0.6) is 5.75 Å². The molecular weight excluding hydrogens is 306 g/mol. The summed E-state index contributed by atoms with van der Waals surface area (Å²) < 4.78 is 11.1. The lowest BCUT2D eigenvalue weighted by Crippen LogP contribution is -2.38. The fraction of sp³-hybridized carbons (Fsp3) is 0.579. The predicted octanol–water partition coefficient (Wildman–Crippen LogP) is 3.09. The summed E-state index contributed by atoms with van der Waals surface area (Å²) in [7, 11) is 0. The Bertz CT molecular complexity index is 675. The standard InChI is InChI=1S/C19H25NO4/c1-12-10-20(18(22)24-19(2,3)4)6-5-13-9-17-14(8-16(12)13)7-15(21)11-23-17/h8-9,12H,5-7,10-11H2,1-4H3. The van der Waals surface area contributed by atoms with E-state index in [1.165, 1.54) is 11.1 Å². The van der Waals surface area contributed by atoms with Crippen molar-refractivity contribution in [3.63, 3.8) is 0 Å². The Morgan fingerprint density at radius 1 is 1.29 bits per heavy atom. The zero-order chi connectivity index (χ0) is 17.5. The number of Topliss-reactive ketones (excluding diaryl/α,β-unsaturated/α-hetero) is 1. The molecule has 5 heteroatoms. The number of hydrogen-bond acceptors (Lipinski definition) is 4. The highest BCUT2D eigenvalue weighted by molar-refractivity contribution is 5.84. The topological polar surface area (TPSA) is 55.8 Å². The molecule has 130 valence electrons. The molecule has 0 saturated carbocycles. The molecule has 0 N–H and O–H groups in total. The van der Waals surface area contributed by atoms with Crippen LogP contribution in [0.25, 0.3) is 0 Å². The fourth-order valence-corrected chi connectivity index (χ4v) is 3.32. The van der Waals surface area contributed by atoms with Gasteiger partial charge in [-0.05, 0) is 50.3 Å². The molecule has 24 heavy (non-hydrogen) atoms. The molecule has 1 unspecified atom stereocenters. The van der Waals surface area contributed by atoms with Crippen LogP contribution in [0.15, 0.2) is 12.1 Å². The Morgan fingerprint density at radius 3 is 2.75 bits per heavy atom. The quantitative estimate of drug-likeness (QED) is 0.733. The van der Waals surface area contributed by atoms with Gasteiger partial charge in [-0.3, -0.25) is 4.79 Å². The second-order valence-corrected chi connectivity index (χ2v) is 7.74. The van der Waals surface area contributed by atoms with E-state index >= 15 is 0 Å². The van der Waals surface area contributed by atoms with Crippen LogP contribution in [0.2, 0.25) is 0 Å². The van der Waals surface area contributed by atoms with Gasteiger partial charge in [0.05, 0.1) is 0 Å². The monoisotopic (exact) mass is 331 g/mol. The average Bonchev–Trinajstić information content (AvgIpc) is 2.63. The van der Waals surface area contributed by atoms with E-state index in [4.69, 9.17) is 9.47 Å². The van der Waals surface area contributed by atoms with Crippen molar-refractivity contribution in [2.45, 2.75) is 52.1 Å². The number of carbonyl (C=O) groups excluding carboxylic acids is 2. The summed E-state index contributed by atoms with van der Waals surface area (Å²) >= 11 is 0. The molecule has 2 heterocycles. The van der Waals surface area contributed by atoms with Crippen LogP contribution in [0.1, 0.15) is 50.3 Å². The highest BCUT2D eigenvalue weighted by atomic mass is 16.6. The summed E-state index contributed by atoms with van der Waals surface area (Å²) in [6, 6.07) is 4.14. The molecule has 1 amide bonds. The molecular formula is C19H25NO4. The van der Waals surface area contributed by atoms with Gasteiger partial charge in [-0.1, -0.05) is 13.0 Å². The second kappa shape index (κ2) is 6.11. The Kier molecular flexibility index (Phi) is 4.28. The van der Waals surface area contributed by atoms with Crippen LogP contribution in [-0.4, -0.2) is 42.1 Å². The molecule has 0 aromatic heterocycles. The Morgan fingerprint density at radius 2 is 2.04 bits per heavy atom. The van der Waals surface area contributed by atoms with Crippen molar-refractivity contribution >= 4 is 11.9 Å². The number of benzene rings is 1. The molecule has 3 rings (SSSR count). The molecule has 1 aromatic carbocycles. The first-order valence-corrected chi connectivity index (χ1v) is 8.51. The van der Waals surface area contributed by atoms with Crippen LogP contribution in [0.3, 0.4) is 0 Å². The van der Waals surface area contributed by atoms with Gasteiger partial charge in [0, 0.05) is 25.1 Å². The third kappa shape index (κ3) is 3.55. The van der Waals surface area contributed by atoms with E-state index in [9.17, 15) is 9.59 Å². The van der Waals surface area contributed by atoms with E-state index in [0.717, 1.165) is 17.7 Å². The summed E-state index contributed by atoms with van der Waals surface area (Å²) in [5, 5.41) is 0. The molecule has 2 aliphatic rings. The summed E-state index contributed by atoms with van der Waals surface area (Å²) in [4.78, 5) is 25.8. The molecule has 1 aromatic rings. The lowest BCUT2D eigenvalue weighted by Gasteiger charge is -2.27. The van der Waals surface area contributed by atoms with Crippen molar-refractivity contribution < 1.29 is 19.1 Å². The summed E-state index contributed by atoms with van der Waals surface area (Å²) in [5.41, 5.74) is 2.87. The Labute approximate surface area is 142 Å². The predicted molar refractivity (Wildman–Crippen MR) is 90.6 cm³/mol. The maximum Gasteiger partial charge on any atom is 0.410 e. The lowest BCUT2D eigenvalue weighted by atomic mass is 9.91. The van der Waals surface area contributed by atoms with E-state index in [1.54, 1.807) is 4.90 Å². The van der Waals surface area contributed by atoms with Crippen LogP contribution < -0.4 is 4.74 Å². The lowest BCUT2D eigenvalue weighted by molar-refractivity contribution is -0.121.